The minimum Gasteiger partial charge on any atom is -0.493 e. The fourth-order valence-electron chi connectivity index (χ4n) is 2.50. The maximum atomic E-state index is 13.9. The smallest absolute Gasteiger partial charge is 0.491 e. The van der Waals surface area contributed by atoms with Crippen molar-refractivity contribution in [3.8, 4) is 5.75 Å². The van der Waals surface area contributed by atoms with Crippen molar-refractivity contribution >= 4 is 13.2 Å². The number of hydrogen-bond acceptors (Lipinski definition) is 4. The molecule has 7 heteroatoms. The molecule has 0 aliphatic carbocycles. The number of likely N-dealkylation sites (N-methyl/N-ethyl adjacent to an activating group) is 1. The van der Waals surface area contributed by atoms with E-state index in [-0.39, 0.29) is 5.75 Å². The van der Waals surface area contributed by atoms with E-state index in [0.717, 1.165) is 11.5 Å². The van der Waals surface area contributed by atoms with Gasteiger partial charge in [-0.15, -0.1) is 0 Å². The van der Waals surface area contributed by atoms with Gasteiger partial charge in [0, 0.05) is 18.2 Å². The van der Waals surface area contributed by atoms with Gasteiger partial charge < -0.3 is 19.4 Å². The van der Waals surface area contributed by atoms with Crippen molar-refractivity contribution in [3.63, 3.8) is 0 Å². The van der Waals surface area contributed by atoms with Gasteiger partial charge in [0.2, 0.25) is 0 Å². The minimum atomic E-state index is -0.749. The Morgan fingerprint density at radius 2 is 1.79 bits per heavy atom. The summed E-state index contributed by atoms with van der Waals surface area (Å²) in [5, 5.41) is 3.03. The second-order valence-electron chi connectivity index (χ2n) is 6.85. The molecule has 0 bridgehead atoms. The zero-order chi connectivity index (χ0) is 18.1. The van der Waals surface area contributed by atoms with Crippen molar-refractivity contribution in [2.45, 2.75) is 38.9 Å². The Morgan fingerprint density at radius 3 is 2.29 bits per heavy atom. The highest BCUT2D eigenvalue weighted by Gasteiger charge is 2.52. The second kappa shape index (κ2) is 6.82. The lowest BCUT2D eigenvalue weighted by Crippen LogP contribution is -2.41. The van der Waals surface area contributed by atoms with E-state index in [4.69, 9.17) is 14.0 Å². The van der Waals surface area contributed by atoms with Crippen molar-refractivity contribution in [3.05, 3.63) is 34.8 Å². The van der Waals surface area contributed by atoms with Gasteiger partial charge in [-0.1, -0.05) is 6.08 Å². The van der Waals surface area contributed by atoms with Crippen LogP contribution in [0, 0.1) is 11.6 Å². The maximum Gasteiger partial charge on any atom is 0.491 e. The summed E-state index contributed by atoms with van der Waals surface area (Å²) >= 11 is 0. The van der Waals surface area contributed by atoms with Gasteiger partial charge in [0.15, 0.2) is 11.6 Å². The largest absolute Gasteiger partial charge is 0.493 e. The van der Waals surface area contributed by atoms with E-state index < -0.39 is 30.0 Å². The molecule has 2 rings (SSSR count). The molecule has 0 unspecified atom stereocenters. The Labute approximate surface area is 142 Å². The molecular weight excluding hydrogens is 315 g/mol. The molecule has 1 aromatic rings. The van der Waals surface area contributed by atoms with E-state index in [1.807, 2.05) is 27.7 Å². The zero-order valence-corrected chi connectivity index (χ0v) is 15.0. The summed E-state index contributed by atoms with van der Waals surface area (Å²) in [5.74, 6) is -1.43. The van der Waals surface area contributed by atoms with E-state index in [2.05, 4.69) is 5.32 Å². The van der Waals surface area contributed by atoms with Gasteiger partial charge in [-0.2, -0.15) is 0 Å². The molecule has 1 saturated heterocycles. The van der Waals surface area contributed by atoms with Gasteiger partial charge in [0.1, 0.15) is 5.82 Å². The number of nitrogens with one attached hydrogen (secondary N) is 1. The number of rotatable bonds is 5. The molecule has 0 aromatic heterocycles. The summed E-state index contributed by atoms with van der Waals surface area (Å²) in [4.78, 5) is 0. The lowest BCUT2D eigenvalue weighted by Gasteiger charge is -2.32. The zero-order valence-electron chi connectivity index (χ0n) is 15.0. The first kappa shape index (κ1) is 18.9. The van der Waals surface area contributed by atoms with Crippen LogP contribution >= 0.6 is 0 Å². The minimum absolute atomic E-state index is 0.0125. The van der Waals surface area contributed by atoms with E-state index in [9.17, 15) is 8.78 Å². The molecule has 132 valence electrons. The standard InChI is InChI=1S/C17H24BF2NO3/c1-16(2)17(3,4)24-18(23-16)12(10-21-5)7-11-8-13(19)9-14(20)15(11)22-6/h7-9,21H,10H2,1-6H3. The van der Waals surface area contributed by atoms with Crippen LogP contribution in [0.3, 0.4) is 0 Å². The van der Waals surface area contributed by atoms with Crippen LogP contribution in [-0.4, -0.2) is 39.0 Å². The molecule has 1 aliphatic rings. The summed E-state index contributed by atoms with van der Waals surface area (Å²) in [6, 6.07) is 2.02. The summed E-state index contributed by atoms with van der Waals surface area (Å²) in [5.41, 5.74) is 0.0261. The molecule has 1 fully saturated rings. The molecule has 24 heavy (non-hydrogen) atoms. The van der Waals surface area contributed by atoms with E-state index in [0.29, 0.717) is 12.1 Å². The van der Waals surface area contributed by atoms with Crippen molar-refractivity contribution in [1.29, 1.82) is 0 Å². The Morgan fingerprint density at radius 1 is 1.21 bits per heavy atom. The van der Waals surface area contributed by atoms with E-state index in [1.54, 1.807) is 13.1 Å². The fourth-order valence-corrected chi connectivity index (χ4v) is 2.50. The third-order valence-corrected chi connectivity index (χ3v) is 4.52. The number of benzene rings is 1. The summed E-state index contributed by atoms with van der Waals surface area (Å²) in [7, 11) is 2.52. The monoisotopic (exact) mass is 339 g/mol. The number of ether oxygens (including phenoxy) is 1. The number of methoxy groups -OCH3 is 1. The van der Waals surface area contributed by atoms with Crippen LogP contribution in [0.5, 0.6) is 5.75 Å². The molecule has 1 heterocycles. The topological polar surface area (TPSA) is 39.7 Å². The Hall–Kier alpha value is -1.44. The Kier molecular flexibility index (Phi) is 5.37. The molecule has 4 nitrogen and oxygen atoms in total. The van der Waals surface area contributed by atoms with Gasteiger partial charge in [-0.25, -0.2) is 8.78 Å². The second-order valence-corrected chi connectivity index (χ2v) is 6.85. The van der Waals surface area contributed by atoms with Crippen LogP contribution in [0.15, 0.2) is 17.6 Å². The lowest BCUT2D eigenvalue weighted by molar-refractivity contribution is 0.00578. The van der Waals surface area contributed by atoms with Crippen LogP contribution in [0.2, 0.25) is 0 Å². The number of halogens is 2. The fraction of sp³-hybridized carbons (Fsp3) is 0.529. The molecule has 0 atom stereocenters. The first-order chi connectivity index (χ1) is 11.1. The van der Waals surface area contributed by atoms with E-state index in [1.165, 1.54) is 13.2 Å². The van der Waals surface area contributed by atoms with Crippen LogP contribution in [0.25, 0.3) is 6.08 Å². The molecular formula is C17H24BF2NO3. The van der Waals surface area contributed by atoms with Crippen molar-refractivity contribution < 1.29 is 22.8 Å². The summed E-state index contributed by atoms with van der Waals surface area (Å²) in [6.07, 6.45) is 1.64. The quantitative estimate of drug-likeness (QED) is 0.837. The molecule has 0 radical (unpaired) electrons. The van der Waals surface area contributed by atoms with Gasteiger partial charge >= 0.3 is 7.12 Å². The predicted octanol–water partition coefficient (Wildman–Crippen LogP) is 3.21. The van der Waals surface area contributed by atoms with Crippen LogP contribution in [-0.2, 0) is 9.31 Å². The van der Waals surface area contributed by atoms with Crippen molar-refractivity contribution in [2.75, 3.05) is 20.7 Å². The van der Waals surface area contributed by atoms with Crippen molar-refractivity contribution in [1.82, 2.24) is 5.32 Å². The average Bonchev–Trinajstić information content (AvgIpc) is 2.66. The van der Waals surface area contributed by atoms with Crippen LogP contribution in [0.4, 0.5) is 8.78 Å². The SMILES string of the molecule is CNCC(=Cc1cc(F)cc(F)c1OC)B1OC(C)(C)C(C)(C)O1. The highest BCUT2D eigenvalue weighted by atomic mass is 19.1. The molecule has 0 amide bonds. The average molecular weight is 339 g/mol. The summed E-state index contributed by atoms with van der Waals surface area (Å²) < 4.78 is 44.6. The van der Waals surface area contributed by atoms with Gasteiger partial charge in [-0.3, -0.25) is 0 Å². The van der Waals surface area contributed by atoms with E-state index >= 15 is 0 Å². The highest BCUT2D eigenvalue weighted by Crippen LogP contribution is 2.39. The molecule has 1 aliphatic heterocycles. The van der Waals surface area contributed by atoms with Gasteiger partial charge in [0.25, 0.3) is 0 Å². The van der Waals surface area contributed by atoms with Gasteiger partial charge in [0.05, 0.1) is 18.3 Å². The molecule has 0 spiro atoms. The molecule has 0 saturated carbocycles. The number of hydrogen-bond donors (Lipinski definition) is 1. The third-order valence-electron chi connectivity index (χ3n) is 4.52. The highest BCUT2D eigenvalue weighted by molar-refractivity contribution is 6.56. The Bertz CT molecular complexity index is 631. The molecule has 1 aromatic carbocycles. The normalized spacial score (nSPS) is 19.7. The third kappa shape index (κ3) is 3.63. The summed E-state index contributed by atoms with van der Waals surface area (Å²) in [6.45, 7) is 8.25. The lowest BCUT2D eigenvalue weighted by atomic mass is 9.77. The Balaban J connectivity index is 2.44. The van der Waals surface area contributed by atoms with Crippen LogP contribution < -0.4 is 10.1 Å². The first-order valence-electron chi connectivity index (χ1n) is 7.85. The maximum absolute atomic E-state index is 13.9. The first-order valence-corrected chi connectivity index (χ1v) is 7.85. The predicted molar refractivity (Wildman–Crippen MR) is 90.9 cm³/mol. The van der Waals surface area contributed by atoms with Gasteiger partial charge in [-0.05, 0) is 46.3 Å². The van der Waals surface area contributed by atoms with Crippen LogP contribution in [0.1, 0.15) is 33.3 Å². The van der Waals surface area contributed by atoms with Crippen molar-refractivity contribution in [2.24, 2.45) is 0 Å². The molecule has 1 N–H and O–H groups in total.